The van der Waals surface area contributed by atoms with Crippen LogP contribution in [0.5, 0.6) is 0 Å². The molecule has 0 aromatic carbocycles. The van der Waals surface area contributed by atoms with Crippen LogP contribution in [0.1, 0.15) is 34.1 Å². The minimum Gasteiger partial charge on any atom is -0.394 e. The Bertz CT molecular complexity index is 209. The molecule has 0 rings (SSSR count). The van der Waals surface area contributed by atoms with Crippen LogP contribution in [0, 0.1) is 5.92 Å². The van der Waals surface area contributed by atoms with Crippen LogP contribution in [0.25, 0.3) is 0 Å². The van der Waals surface area contributed by atoms with Crippen molar-refractivity contribution in [1.82, 2.24) is 5.32 Å². The number of carbonyl (C=O) groups excluding carboxylic acids is 1. The highest BCUT2D eigenvalue weighted by atomic mass is 16.3. The third-order valence-electron chi connectivity index (χ3n) is 2.19. The lowest BCUT2D eigenvalue weighted by Gasteiger charge is -2.19. The van der Waals surface area contributed by atoms with E-state index in [2.05, 4.69) is 5.32 Å². The minimum atomic E-state index is -0.150. The molecule has 0 spiro atoms. The van der Waals surface area contributed by atoms with Crippen molar-refractivity contribution in [3.8, 4) is 0 Å². The Kier molecular flexibility index (Phi) is 6.21. The van der Waals surface area contributed by atoms with Crippen molar-refractivity contribution in [3.63, 3.8) is 0 Å². The molecule has 0 radical (unpaired) electrons. The number of nitrogens with one attached hydrogen (secondary N) is 1. The van der Waals surface area contributed by atoms with Gasteiger partial charge in [-0.25, -0.2) is 0 Å². The van der Waals surface area contributed by atoms with E-state index in [1.807, 2.05) is 26.8 Å². The predicted octanol–water partition coefficient (Wildman–Crippen LogP) is 1.48. The largest absolute Gasteiger partial charge is 0.394 e. The van der Waals surface area contributed by atoms with Crippen LogP contribution in [-0.2, 0) is 4.79 Å². The summed E-state index contributed by atoms with van der Waals surface area (Å²) in [6, 6.07) is -0.150. The topological polar surface area (TPSA) is 49.3 Å². The molecule has 0 bridgehead atoms. The first-order valence-electron chi connectivity index (χ1n) is 5.11. The van der Waals surface area contributed by atoms with Gasteiger partial charge < -0.3 is 10.4 Å². The van der Waals surface area contributed by atoms with E-state index in [-0.39, 0.29) is 24.5 Å². The van der Waals surface area contributed by atoms with Crippen molar-refractivity contribution in [1.29, 1.82) is 0 Å². The van der Waals surface area contributed by atoms with E-state index in [9.17, 15) is 4.79 Å². The van der Waals surface area contributed by atoms with Gasteiger partial charge in [0.05, 0.1) is 12.6 Å². The van der Waals surface area contributed by atoms with Gasteiger partial charge in [0.2, 0.25) is 5.91 Å². The van der Waals surface area contributed by atoms with Gasteiger partial charge in [-0.1, -0.05) is 26.8 Å². The monoisotopic (exact) mass is 199 g/mol. The standard InChI is InChI=1S/C11H21NO2/c1-5-6-9(4)11(14)12-10(7-13)8(2)3/h6,8,10,13H,5,7H2,1-4H3,(H,12,14)/t10-/m1/s1. The lowest BCUT2D eigenvalue weighted by atomic mass is 10.0. The maximum absolute atomic E-state index is 11.5. The van der Waals surface area contributed by atoms with E-state index in [1.165, 1.54) is 0 Å². The van der Waals surface area contributed by atoms with Crippen molar-refractivity contribution in [2.24, 2.45) is 5.92 Å². The van der Waals surface area contributed by atoms with Crippen molar-refractivity contribution < 1.29 is 9.90 Å². The summed E-state index contributed by atoms with van der Waals surface area (Å²) in [7, 11) is 0. The van der Waals surface area contributed by atoms with E-state index in [0.29, 0.717) is 5.57 Å². The quantitative estimate of drug-likeness (QED) is 0.659. The minimum absolute atomic E-state index is 0.0111. The molecular weight excluding hydrogens is 178 g/mol. The Labute approximate surface area is 86.2 Å². The van der Waals surface area contributed by atoms with Crippen LogP contribution in [0.15, 0.2) is 11.6 Å². The Hall–Kier alpha value is -0.830. The highest BCUT2D eigenvalue weighted by molar-refractivity contribution is 5.92. The van der Waals surface area contributed by atoms with E-state index in [0.717, 1.165) is 6.42 Å². The van der Waals surface area contributed by atoms with Gasteiger partial charge in [-0.2, -0.15) is 0 Å². The lowest BCUT2D eigenvalue weighted by molar-refractivity contribution is -0.118. The summed E-state index contributed by atoms with van der Waals surface area (Å²) in [6.45, 7) is 7.71. The van der Waals surface area contributed by atoms with Gasteiger partial charge in [0.15, 0.2) is 0 Å². The van der Waals surface area contributed by atoms with Gasteiger partial charge in [0, 0.05) is 5.57 Å². The molecule has 0 aliphatic carbocycles. The van der Waals surface area contributed by atoms with Crippen LogP contribution < -0.4 is 5.32 Å². The summed E-state index contributed by atoms with van der Waals surface area (Å²) < 4.78 is 0. The van der Waals surface area contributed by atoms with E-state index >= 15 is 0 Å². The summed E-state index contributed by atoms with van der Waals surface area (Å²) in [6.07, 6.45) is 2.73. The Morgan fingerprint density at radius 1 is 1.50 bits per heavy atom. The first kappa shape index (κ1) is 13.2. The molecule has 0 aromatic rings. The van der Waals surface area contributed by atoms with Gasteiger partial charge in [0.25, 0.3) is 0 Å². The lowest BCUT2D eigenvalue weighted by Crippen LogP contribution is -2.41. The fourth-order valence-electron chi connectivity index (χ4n) is 1.10. The van der Waals surface area contributed by atoms with Crippen molar-refractivity contribution in [2.45, 2.75) is 40.2 Å². The fraction of sp³-hybridized carbons (Fsp3) is 0.727. The molecule has 0 aliphatic heterocycles. The van der Waals surface area contributed by atoms with E-state index < -0.39 is 0 Å². The average Bonchev–Trinajstić information content (AvgIpc) is 2.13. The molecule has 0 aliphatic rings. The summed E-state index contributed by atoms with van der Waals surface area (Å²) in [5.41, 5.74) is 0.714. The molecule has 0 saturated carbocycles. The second kappa shape index (κ2) is 6.60. The first-order chi connectivity index (χ1) is 6.52. The Morgan fingerprint density at radius 2 is 2.07 bits per heavy atom. The highest BCUT2D eigenvalue weighted by Crippen LogP contribution is 2.02. The number of aliphatic hydroxyl groups is 1. The predicted molar refractivity (Wildman–Crippen MR) is 57.9 cm³/mol. The normalized spacial score (nSPS) is 14.3. The van der Waals surface area contributed by atoms with Crippen LogP contribution in [-0.4, -0.2) is 23.7 Å². The third-order valence-corrected chi connectivity index (χ3v) is 2.19. The molecule has 0 saturated heterocycles. The summed E-state index contributed by atoms with van der Waals surface area (Å²) in [5.74, 6) is 0.165. The molecule has 3 heteroatoms. The fourth-order valence-corrected chi connectivity index (χ4v) is 1.10. The molecule has 0 aromatic heterocycles. The number of carbonyl (C=O) groups is 1. The number of amides is 1. The summed E-state index contributed by atoms with van der Waals surface area (Å²) in [4.78, 5) is 11.5. The molecule has 82 valence electrons. The molecule has 3 nitrogen and oxygen atoms in total. The van der Waals surface area contributed by atoms with Gasteiger partial charge in [-0.15, -0.1) is 0 Å². The summed E-state index contributed by atoms with van der Waals surface area (Å²) >= 11 is 0. The summed E-state index contributed by atoms with van der Waals surface area (Å²) in [5, 5.41) is 11.8. The number of hydrogen-bond acceptors (Lipinski definition) is 2. The molecule has 0 heterocycles. The van der Waals surface area contributed by atoms with Gasteiger partial charge in [0.1, 0.15) is 0 Å². The van der Waals surface area contributed by atoms with Crippen LogP contribution in [0.4, 0.5) is 0 Å². The van der Waals surface area contributed by atoms with E-state index in [1.54, 1.807) is 6.92 Å². The van der Waals surface area contributed by atoms with Gasteiger partial charge in [-0.3, -0.25) is 4.79 Å². The van der Waals surface area contributed by atoms with Crippen LogP contribution in [0.2, 0.25) is 0 Å². The van der Waals surface area contributed by atoms with Crippen LogP contribution >= 0.6 is 0 Å². The zero-order valence-corrected chi connectivity index (χ0v) is 9.50. The van der Waals surface area contributed by atoms with Crippen LogP contribution in [0.3, 0.4) is 0 Å². The number of aliphatic hydroxyl groups excluding tert-OH is 1. The second-order valence-corrected chi connectivity index (χ2v) is 3.80. The number of hydrogen-bond donors (Lipinski definition) is 2. The van der Waals surface area contributed by atoms with Crippen molar-refractivity contribution in [2.75, 3.05) is 6.61 Å². The molecule has 1 amide bonds. The first-order valence-corrected chi connectivity index (χ1v) is 5.11. The van der Waals surface area contributed by atoms with Crippen molar-refractivity contribution >= 4 is 5.91 Å². The van der Waals surface area contributed by atoms with Gasteiger partial charge in [-0.05, 0) is 19.3 Å². The molecule has 1 atom stereocenters. The SMILES string of the molecule is CCC=C(C)C(=O)N[C@H](CO)C(C)C. The third kappa shape index (κ3) is 4.42. The average molecular weight is 199 g/mol. The zero-order chi connectivity index (χ0) is 11.1. The highest BCUT2D eigenvalue weighted by Gasteiger charge is 2.15. The number of allylic oxidation sites excluding steroid dienone is 1. The molecule has 14 heavy (non-hydrogen) atoms. The van der Waals surface area contributed by atoms with Crippen molar-refractivity contribution in [3.05, 3.63) is 11.6 Å². The van der Waals surface area contributed by atoms with E-state index in [4.69, 9.17) is 5.11 Å². The Balaban J connectivity index is 4.22. The zero-order valence-electron chi connectivity index (χ0n) is 9.50. The molecular formula is C11H21NO2. The maximum atomic E-state index is 11.5. The Morgan fingerprint density at radius 3 is 2.43 bits per heavy atom. The number of rotatable bonds is 5. The molecule has 0 unspecified atom stereocenters. The molecule has 2 N–H and O–H groups in total. The van der Waals surface area contributed by atoms with Gasteiger partial charge >= 0.3 is 0 Å². The molecule has 0 fully saturated rings. The smallest absolute Gasteiger partial charge is 0.246 e. The second-order valence-electron chi connectivity index (χ2n) is 3.80. The maximum Gasteiger partial charge on any atom is 0.246 e.